The van der Waals surface area contributed by atoms with Crippen LogP contribution in [0.3, 0.4) is 0 Å². The van der Waals surface area contributed by atoms with Crippen LogP contribution in [0.4, 0.5) is 0 Å². The molecule has 6 N–H and O–H groups in total. The van der Waals surface area contributed by atoms with Gasteiger partial charge >= 0.3 is 0 Å². The van der Waals surface area contributed by atoms with Crippen molar-refractivity contribution in [3.05, 3.63) is 125 Å². The van der Waals surface area contributed by atoms with Gasteiger partial charge in [0.2, 0.25) is 17.6 Å². The van der Waals surface area contributed by atoms with Crippen LogP contribution < -0.4 is 21.3 Å². The maximum atomic E-state index is 14.7. The molecule has 1 saturated heterocycles. The summed E-state index contributed by atoms with van der Waals surface area (Å²) in [4.78, 5) is 99.2. The molecule has 6 rings (SSSR count). The molecule has 17 heteroatoms. The predicted octanol–water partition coefficient (Wildman–Crippen LogP) is 8.42. The second-order valence-electron chi connectivity index (χ2n) is 22.6. The van der Waals surface area contributed by atoms with E-state index in [1.165, 1.54) is 22.8 Å². The molecule has 422 valence electrons. The topological polar surface area (TPSA) is 251 Å². The number of ether oxygens (including phenoxy) is 1. The predicted molar refractivity (Wildman–Crippen MR) is 302 cm³/mol. The number of benzene rings is 4. The van der Waals surface area contributed by atoms with E-state index in [2.05, 4.69) is 31.5 Å². The third kappa shape index (κ3) is 16.3. The van der Waals surface area contributed by atoms with Crippen molar-refractivity contribution < 1.29 is 48.5 Å². The lowest BCUT2D eigenvalue weighted by molar-refractivity contribution is -0.136. The molecular formula is C62H79N7O10. The maximum absolute atomic E-state index is 14.7. The van der Waals surface area contributed by atoms with Crippen molar-refractivity contribution in [2.24, 2.45) is 29.6 Å². The minimum Gasteiger partial charge on any atom is -0.508 e. The van der Waals surface area contributed by atoms with Gasteiger partial charge in [-0.1, -0.05) is 116 Å². The number of amides is 4. The highest BCUT2D eigenvalue weighted by Crippen LogP contribution is 2.38. The van der Waals surface area contributed by atoms with Crippen LogP contribution in [0.2, 0.25) is 0 Å². The molecule has 0 unspecified atom stereocenters. The summed E-state index contributed by atoms with van der Waals surface area (Å²) in [6, 6.07) is 24.9. The first kappa shape index (κ1) is 60.7. The first-order valence-corrected chi connectivity index (χ1v) is 27.6. The van der Waals surface area contributed by atoms with E-state index < -0.39 is 65.1 Å². The largest absolute Gasteiger partial charge is 0.508 e. The van der Waals surface area contributed by atoms with Crippen molar-refractivity contribution in [1.29, 1.82) is 0 Å². The minimum atomic E-state index is -1.11. The monoisotopic (exact) mass is 1080 g/mol. The average Bonchev–Trinajstić information content (AvgIpc) is 4.14. The zero-order chi connectivity index (χ0) is 57.7. The lowest BCUT2D eigenvalue weighted by atomic mass is 9.82. The van der Waals surface area contributed by atoms with E-state index in [1.54, 1.807) is 45.9 Å². The van der Waals surface area contributed by atoms with Crippen LogP contribution in [-0.4, -0.2) is 103 Å². The smallest absolute Gasteiger partial charge is 0.289 e. The average molecular weight is 1080 g/mol. The first-order valence-electron chi connectivity index (χ1n) is 27.6. The second-order valence-corrected chi connectivity index (χ2v) is 22.6. The summed E-state index contributed by atoms with van der Waals surface area (Å²) in [5.74, 6) is -5.48. The Labute approximate surface area is 464 Å². The van der Waals surface area contributed by atoms with E-state index in [1.807, 2.05) is 102 Å². The van der Waals surface area contributed by atoms with Crippen LogP contribution in [0.25, 0.3) is 17.1 Å². The second kappa shape index (κ2) is 27.4. The Morgan fingerprint density at radius 2 is 1.27 bits per heavy atom. The van der Waals surface area contributed by atoms with Crippen molar-refractivity contribution in [3.8, 4) is 28.6 Å². The number of epoxide rings is 1. The fourth-order valence-corrected chi connectivity index (χ4v) is 9.84. The van der Waals surface area contributed by atoms with Gasteiger partial charge < -0.3 is 36.2 Å². The Morgan fingerprint density at radius 3 is 1.84 bits per heavy atom. The molecular weight excluding hydrogens is 1000 g/mol. The summed E-state index contributed by atoms with van der Waals surface area (Å²) in [7, 11) is 0. The molecule has 0 radical (unpaired) electrons. The number of nitrogens with zero attached hydrogens (tertiary/aromatic N) is 3. The van der Waals surface area contributed by atoms with Crippen LogP contribution in [-0.2, 0) is 41.6 Å². The van der Waals surface area contributed by atoms with Gasteiger partial charge in [-0.3, -0.25) is 38.1 Å². The van der Waals surface area contributed by atoms with E-state index in [-0.39, 0.29) is 102 Å². The van der Waals surface area contributed by atoms with Gasteiger partial charge in [0.25, 0.3) is 11.8 Å². The highest BCUT2D eigenvalue weighted by Gasteiger charge is 2.50. The molecule has 4 aromatic carbocycles. The number of hydrogen-bond donors (Lipinski definition) is 6. The number of aryl methyl sites for hydroxylation is 1. The SMILES string of the molecule is CCNC(=O)c1nnc(-c2cc(C(C)C)c(O)cc2O)n1-c1ccc(C(=O)N[C@H](C(=O)N[C@@H](CCc2ccccc2)C(=O)C[C@@H](CC(C)C)C(=O)C[C@@H](Cc2ccccc2)C(=O)N[C@@H](CC(C)C)C(=O)[C@@]2(C)CO2)C(C)C)cc1. The van der Waals surface area contributed by atoms with Crippen LogP contribution in [0.15, 0.2) is 97.1 Å². The Hall–Kier alpha value is -7.53. The van der Waals surface area contributed by atoms with Gasteiger partial charge in [-0.25, -0.2) is 0 Å². The molecule has 1 fully saturated rings. The van der Waals surface area contributed by atoms with Gasteiger partial charge in [0.15, 0.2) is 17.4 Å². The minimum absolute atomic E-state index is 0.00528. The summed E-state index contributed by atoms with van der Waals surface area (Å²) in [6.07, 6.45) is 1.22. The zero-order valence-electron chi connectivity index (χ0n) is 47.3. The number of hydrogen-bond acceptors (Lipinski definition) is 12. The number of ketones is 3. The highest BCUT2D eigenvalue weighted by atomic mass is 16.6. The van der Waals surface area contributed by atoms with E-state index >= 15 is 0 Å². The molecule has 0 spiro atoms. The number of rotatable bonds is 29. The molecule has 4 amide bonds. The number of nitrogens with one attached hydrogen (secondary N) is 4. The molecule has 1 aliphatic rings. The molecule has 0 aliphatic carbocycles. The van der Waals surface area contributed by atoms with Gasteiger partial charge in [0.05, 0.1) is 24.3 Å². The van der Waals surface area contributed by atoms with Crippen LogP contribution in [0, 0.1) is 29.6 Å². The number of aromatic hydroxyl groups is 2. The van der Waals surface area contributed by atoms with Crippen molar-refractivity contribution in [2.75, 3.05) is 13.2 Å². The summed E-state index contributed by atoms with van der Waals surface area (Å²) >= 11 is 0. The first-order chi connectivity index (χ1) is 37.5. The standard InChI is InChI=1S/C62H79N7O10/c1-11-63-61(78)57-68-67-56(47-33-46(38(6)7)51(71)34-52(47)72)69(57)45-25-23-42(24-26-45)58(75)66-54(39(8)9)60(77)64-48(27-22-40-18-14-12-15-19-40)53(73)31-43(28-36(2)3)50(70)32-44(30-41-20-16-13-17-21-41)59(76)65-49(29-37(4)5)55(74)62(10)35-79-62/h12-21,23-26,33-34,36-39,43-44,48-49,54,71-72H,11,22,27-32,35H2,1-10H3,(H,63,78)(H,64,77)(H,65,76)(H,66,75)/t43-,44-,48+,49+,54+,62-/m1/s1. The number of carbonyl (C=O) groups excluding carboxylic acids is 7. The summed E-state index contributed by atoms with van der Waals surface area (Å²) in [6.45, 7) is 19.2. The molecule has 5 aromatic rings. The maximum Gasteiger partial charge on any atom is 0.289 e. The molecule has 79 heavy (non-hydrogen) atoms. The molecule has 1 aliphatic heterocycles. The third-order valence-corrected chi connectivity index (χ3v) is 14.3. The van der Waals surface area contributed by atoms with E-state index in [0.29, 0.717) is 37.1 Å². The Bertz CT molecular complexity index is 2930. The van der Waals surface area contributed by atoms with Gasteiger partial charge in [-0.2, -0.15) is 0 Å². The van der Waals surface area contributed by atoms with E-state index in [0.717, 1.165) is 11.1 Å². The zero-order valence-corrected chi connectivity index (χ0v) is 47.3. The van der Waals surface area contributed by atoms with Crippen LogP contribution in [0.1, 0.15) is 145 Å². The van der Waals surface area contributed by atoms with Crippen molar-refractivity contribution >= 4 is 41.0 Å². The van der Waals surface area contributed by atoms with Crippen LogP contribution >= 0.6 is 0 Å². The van der Waals surface area contributed by atoms with Gasteiger partial charge in [0.1, 0.15) is 28.9 Å². The molecule has 1 aromatic heterocycles. The number of phenolic OH excluding ortho intramolecular Hbond substituents is 2. The summed E-state index contributed by atoms with van der Waals surface area (Å²) in [5.41, 5.74) is 2.11. The summed E-state index contributed by atoms with van der Waals surface area (Å²) < 4.78 is 6.91. The van der Waals surface area contributed by atoms with E-state index in [4.69, 9.17) is 4.74 Å². The fraction of sp³-hybridized carbons (Fsp3) is 0.468. The van der Waals surface area contributed by atoms with Gasteiger partial charge in [-0.15, -0.1) is 10.2 Å². The quantitative estimate of drug-likeness (QED) is 0.0247. The van der Waals surface area contributed by atoms with Crippen molar-refractivity contribution in [2.45, 2.75) is 144 Å². The highest BCUT2D eigenvalue weighted by molar-refractivity contribution is 6.00. The molecule has 2 heterocycles. The number of carbonyl (C=O) groups is 7. The lowest BCUT2D eigenvalue weighted by Crippen LogP contribution is -2.54. The van der Waals surface area contributed by atoms with Crippen LogP contribution in [0.5, 0.6) is 11.5 Å². The molecule has 0 bridgehead atoms. The third-order valence-electron chi connectivity index (χ3n) is 14.3. The number of Topliss-reactive ketones (excluding diaryl/α,β-unsaturated/α-hetero) is 3. The fourth-order valence-electron chi connectivity index (χ4n) is 9.84. The molecule has 6 atom stereocenters. The molecule has 17 nitrogen and oxygen atoms in total. The van der Waals surface area contributed by atoms with Gasteiger partial charge in [0, 0.05) is 48.5 Å². The number of aromatic nitrogens is 3. The Kier molecular flexibility index (Phi) is 21.0. The lowest BCUT2D eigenvalue weighted by Gasteiger charge is -2.27. The normalized spacial score (nSPS) is 16.0. The van der Waals surface area contributed by atoms with Crippen molar-refractivity contribution in [3.63, 3.8) is 0 Å². The molecule has 0 saturated carbocycles. The van der Waals surface area contributed by atoms with E-state index in [9.17, 15) is 43.8 Å². The Balaban J connectivity index is 1.23. The summed E-state index contributed by atoms with van der Waals surface area (Å²) in [5, 5.41) is 41.5. The number of phenols is 2. The Morgan fingerprint density at radius 1 is 0.671 bits per heavy atom. The van der Waals surface area contributed by atoms with Gasteiger partial charge in [-0.05, 0) is 117 Å². The van der Waals surface area contributed by atoms with Crippen molar-refractivity contribution in [1.82, 2.24) is 36.0 Å².